The molecule has 0 spiro atoms. The highest BCUT2D eigenvalue weighted by Crippen LogP contribution is 2.16. The Kier molecular flexibility index (Phi) is 5.17. The Balaban J connectivity index is 1.85. The molecule has 3 heteroatoms. The molecule has 0 N–H and O–H groups in total. The van der Waals surface area contributed by atoms with Crippen LogP contribution in [0.25, 0.3) is 0 Å². The second-order valence-electron chi connectivity index (χ2n) is 6.01. The maximum Gasteiger partial charge on any atom is 0.0950 e. The normalized spacial score (nSPS) is 18.9. The molecule has 0 amide bonds. The number of hydrogen-bond donors (Lipinski definition) is 0. The average molecular weight is 271 g/mol. The summed E-state index contributed by atoms with van der Waals surface area (Å²) in [4.78, 5) is 4.74. The third-order valence-corrected chi connectivity index (χ3v) is 4.19. The zero-order valence-electron chi connectivity index (χ0n) is 12.8. The van der Waals surface area contributed by atoms with Gasteiger partial charge in [0.05, 0.1) is 12.1 Å². The molecule has 1 aromatic rings. The van der Waals surface area contributed by atoms with Crippen LogP contribution in [0.1, 0.15) is 37.8 Å². The van der Waals surface area contributed by atoms with Gasteiger partial charge in [0.2, 0.25) is 0 Å². The Morgan fingerprint density at radius 2 is 1.65 bits per heavy atom. The molecule has 1 aliphatic rings. The summed E-state index contributed by atoms with van der Waals surface area (Å²) in [5, 5.41) is 8.95. The van der Waals surface area contributed by atoms with Crippen molar-refractivity contribution in [1.82, 2.24) is 9.80 Å². The van der Waals surface area contributed by atoms with Crippen LogP contribution >= 0.6 is 0 Å². The van der Waals surface area contributed by atoms with E-state index in [0.29, 0.717) is 5.92 Å². The molecule has 0 radical (unpaired) electrons. The van der Waals surface area contributed by atoms with Crippen LogP contribution in [0.2, 0.25) is 0 Å². The lowest BCUT2D eigenvalue weighted by molar-refractivity contribution is 0.114. The highest BCUT2D eigenvalue weighted by molar-refractivity contribution is 5.24. The van der Waals surface area contributed by atoms with E-state index in [0.717, 1.165) is 32.7 Å². The smallest absolute Gasteiger partial charge is 0.0950 e. The summed E-state index contributed by atoms with van der Waals surface area (Å²) in [7, 11) is 0. The van der Waals surface area contributed by atoms with Gasteiger partial charge in [0.25, 0.3) is 0 Å². The first kappa shape index (κ1) is 15.0. The number of rotatable bonds is 4. The van der Waals surface area contributed by atoms with Crippen molar-refractivity contribution in [2.45, 2.75) is 39.3 Å². The Morgan fingerprint density at radius 1 is 1.05 bits per heavy atom. The van der Waals surface area contributed by atoms with Crippen LogP contribution in [0, 0.1) is 11.3 Å². The van der Waals surface area contributed by atoms with E-state index in [9.17, 15) is 0 Å². The fourth-order valence-corrected chi connectivity index (χ4v) is 2.66. The van der Waals surface area contributed by atoms with E-state index in [1.165, 1.54) is 11.1 Å². The van der Waals surface area contributed by atoms with E-state index >= 15 is 0 Å². The summed E-state index contributed by atoms with van der Waals surface area (Å²) >= 11 is 0. The van der Waals surface area contributed by atoms with E-state index < -0.39 is 0 Å². The summed E-state index contributed by atoms with van der Waals surface area (Å²) in [5.74, 6) is 0.597. The molecular formula is C17H25N3. The molecule has 1 unspecified atom stereocenters. The van der Waals surface area contributed by atoms with Crippen LogP contribution in [-0.4, -0.2) is 42.0 Å². The molecule has 1 aromatic carbocycles. The number of hydrogen-bond acceptors (Lipinski definition) is 3. The van der Waals surface area contributed by atoms with Gasteiger partial charge in [-0.25, -0.2) is 0 Å². The van der Waals surface area contributed by atoms with Crippen LogP contribution < -0.4 is 0 Å². The molecule has 0 aliphatic carbocycles. The predicted molar refractivity (Wildman–Crippen MR) is 82.5 cm³/mol. The second kappa shape index (κ2) is 6.88. The van der Waals surface area contributed by atoms with Gasteiger partial charge in [0, 0.05) is 32.7 Å². The van der Waals surface area contributed by atoms with Gasteiger partial charge in [-0.1, -0.05) is 38.1 Å². The Morgan fingerprint density at radius 3 is 2.15 bits per heavy atom. The van der Waals surface area contributed by atoms with Crippen LogP contribution in [-0.2, 0) is 6.54 Å². The van der Waals surface area contributed by atoms with Gasteiger partial charge in [-0.15, -0.1) is 0 Å². The topological polar surface area (TPSA) is 30.3 Å². The minimum absolute atomic E-state index is 0.0440. The van der Waals surface area contributed by atoms with Crippen molar-refractivity contribution in [1.29, 1.82) is 5.26 Å². The number of piperazine rings is 1. The summed E-state index contributed by atoms with van der Waals surface area (Å²) in [6.07, 6.45) is 0. The average Bonchev–Trinajstić information content (AvgIpc) is 2.48. The lowest BCUT2D eigenvalue weighted by Crippen LogP contribution is -2.48. The van der Waals surface area contributed by atoms with Gasteiger partial charge in [-0.3, -0.25) is 9.80 Å². The first-order valence-corrected chi connectivity index (χ1v) is 7.55. The molecule has 1 heterocycles. The first-order chi connectivity index (χ1) is 9.60. The van der Waals surface area contributed by atoms with Gasteiger partial charge >= 0.3 is 0 Å². The Bertz CT molecular complexity index is 450. The quantitative estimate of drug-likeness (QED) is 0.843. The predicted octanol–water partition coefficient (Wildman–Crippen LogP) is 2.84. The molecule has 0 bridgehead atoms. The maximum absolute atomic E-state index is 8.95. The van der Waals surface area contributed by atoms with E-state index in [1.54, 1.807) is 0 Å². The number of benzene rings is 1. The van der Waals surface area contributed by atoms with E-state index in [2.05, 4.69) is 54.0 Å². The van der Waals surface area contributed by atoms with Crippen molar-refractivity contribution in [2.75, 3.05) is 26.2 Å². The molecule has 2 rings (SSSR count). The van der Waals surface area contributed by atoms with Crippen molar-refractivity contribution < 1.29 is 0 Å². The highest BCUT2D eigenvalue weighted by atomic mass is 15.3. The lowest BCUT2D eigenvalue weighted by Gasteiger charge is -2.35. The fourth-order valence-electron chi connectivity index (χ4n) is 2.66. The minimum Gasteiger partial charge on any atom is -0.297 e. The molecule has 0 aromatic heterocycles. The second-order valence-corrected chi connectivity index (χ2v) is 6.01. The summed E-state index contributed by atoms with van der Waals surface area (Å²) in [6, 6.07) is 11.4. The number of nitriles is 1. The lowest BCUT2D eigenvalue weighted by atomic mass is 10.0. The Labute approximate surface area is 122 Å². The SMILES string of the molecule is CC(C)c1ccc(CN2CCN(C(C)C#N)CC2)cc1. The summed E-state index contributed by atoms with van der Waals surface area (Å²) < 4.78 is 0. The summed E-state index contributed by atoms with van der Waals surface area (Å²) in [6.45, 7) is 11.6. The minimum atomic E-state index is 0.0440. The van der Waals surface area contributed by atoms with Gasteiger partial charge in [-0.05, 0) is 24.0 Å². The highest BCUT2D eigenvalue weighted by Gasteiger charge is 2.20. The van der Waals surface area contributed by atoms with E-state index in [-0.39, 0.29) is 6.04 Å². The van der Waals surface area contributed by atoms with Crippen LogP contribution in [0.5, 0.6) is 0 Å². The molecule has 1 aliphatic heterocycles. The van der Waals surface area contributed by atoms with E-state index in [1.807, 2.05) is 6.92 Å². The third kappa shape index (κ3) is 3.82. The van der Waals surface area contributed by atoms with Crippen molar-refractivity contribution in [3.8, 4) is 6.07 Å². The van der Waals surface area contributed by atoms with Crippen molar-refractivity contribution in [3.63, 3.8) is 0 Å². The molecule has 1 saturated heterocycles. The molecule has 108 valence electrons. The molecule has 1 atom stereocenters. The van der Waals surface area contributed by atoms with Crippen LogP contribution in [0.3, 0.4) is 0 Å². The van der Waals surface area contributed by atoms with Crippen molar-refractivity contribution in [3.05, 3.63) is 35.4 Å². The Hall–Kier alpha value is -1.37. The monoisotopic (exact) mass is 271 g/mol. The standard InChI is InChI=1S/C17H25N3/c1-14(2)17-6-4-16(5-7-17)13-19-8-10-20(11-9-19)15(3)12-18/h4-7,14-15H,8-11,13H2,1-3H3. The van der Waals surface area contributed by atoms with Gasteiger partial charge in [0.15, 0.2) is 0 Å². The zero-order valence-corrected chi connectivity index (χ0v) is 12.8. The summed E-state index contributed by atoms with van der Waals surface area (Å²) in [5.41, 5.74) is 2.79. The molecule has 3 nitrogen and oxygen atoms in total. The van der Waals surface area contributed by atoms with Gasteiger partial charge < -0.3 is 0 Å². The number of nitrogens with zero attached hydrogens (tertiary/aromatic N) is 3. The van der Waals surface area contributed by atoms with Gasteiger partial charge in [-0.2, -0.15) is 5.26 Å². The van der Waals surface area contributed by atoms with Crippen molar-refractivity contribution >= 4 is 0 Å². The van der Waals surface area contributed by atoms with Gasteiger partial charge in [0.1, 0.15) is 0 Å². The van der Waals surface area contributed by atoms with Crippen molar-refractivity contribution in [2.24, 2.45) is 0 Å². The molecule has 1 fully saturated rings. The largest absolute Gasteiger partial charge is 0.297 e. The zero-order chi connectivity index (χ0) is 14.5. The maximum atomic E-state index is 8.95. The van der Waals surface area contributed by atoms with E-state index in [4.69, 9.17) is 5.26 Å². The third-order valence-electron chi connectivity index (χ3n) is 4.19. The molecular weight excluding hydrogens is 246 g/mol. The first-order valence-electron chi connectivity index (χ1n) is 7.55. The fraction of sp³-hybridized carbons (Fsp3) is 0.588. The van der Waals surface area contributed by atoms with Crippen LogP contribution in [0.4, 0.5) is 0 Å². The van der Waals surface area contributed by atoms with Crippen LogP contribution in [0.15, 0.2) is 24.3 Å². The molecule has 20 heavy (non-hydrogen) atoms. The molecule has 0 saturated carbocycles.